The minimum atomic E-state index is -0.407. The molecule has 5 heteroatoms. The highest BCUT2D eigenvalue weighted by molar-refractivity contribution is 5.68. The number of alkyl carbamates (subject to hydrolysis) is 1. The molecule has 1 aliphatic heterocycles. The summed E-state index contributed by atoms with van der Waals surface area (Å²) in [6.07, 6.45) is 0.667. The van der Waals surface area contributed by atoms with Crippen LogP contribution in [0.5, 0.6) is 0 Å². The van der Waals surface area contributed by atoms with Crippen LogP contribution >= 0.6 is 0 Å². The molecule has 0 radical (unpaired) electrons. The van der Waals surface area contributed by atoms with Gasteiger partial charge in [-0.15, -0.1) is 0 Å². The van der Waals surface area contributed by atoms with Crippen molar-refractivity contribution in [2.24, 2.45) is 0 Å². The first kappa shape index (κ1) is 14.2. The number of ether oxygens (including phenoxy) is 1. The standard InChI is InChI=1S/C9H18N2O2.CH4O/c1-9(2,3)13-8(12)11-7-4-5-10-6-7;1-2/h7,10H,4-6H2,1-3H3,(H,11,12);2H,1H3/t7-;/m1./s1. The van der Waals surface area contributed by atoms with E-state index in [1.165, 1.54) is 0 Å². The van der Waals surface area contributed by atoms with E-state index in [1.54, 1.807) is 0 Å². The highest BCUT2D eigenvalue weighted by Gasteiger charge is 2.21. The fraction of sp³-hybridized carbons (Fsp3) is 0.900. The van der Waals surface area contributed by atoms with Crippen LogP contribution in [0.15, 0.2) is 0 Å². The average Bonchev–Trinajstić information content (AvgIpc) is 2.57. The summed E-state index contributed by atoms with van der Waals surface area (Å²) < 4.78 is 5.12. The number of hydrogen-bond acceptors (Lipinski definition) is 4. The van der Waals surface area contributed by atoms with Gasteiger partial charge in [-0.2, -0.15) is 0 Å². The Morgan fingerprint density at radius 2 is 2.07 bits per heavy atom. The van der Waals surface area contributed by atoms with E-state index in [0.29, 0.717) is 0 Å². The van der Waals surface area contributed by atoms with Crippen molar-refractivity contribution in [3.63, 3.8) is 0 Å². The molecule has 0 unspecified atom stereocenters. The Balaban J connectivity index is 0.000000921. The molecule has 1 fully saturated rings. The molecule has 0 spiro atoms. The summed E-state index contributed by atoms with van der Waals surface area (Å²) in [4.78, 5) is 11.3. The van der Waals surface area contributed by atoms with Gasteiger partial charge in [-0.3, -0.25) is 0 Å². The summed E-state index contributed by atoms with van der Waals surface area (Å²) in [6, 6.07) is 0.231. The van der Waals surface area contributed by atoms with Gasteiger partial charge in [0.15, 0.2) is 0 Å². The molecule has 90 valence electrons. The average molecular weight is 218 g/mol. The van der Waals surface area contributed by atoms with E-state index in [1.807, 2.05) is 20.8 Å². The van der Waals surface area contributed by atoms with Crippen LogP contribution in [0.1, 0.15) is 27.2 Å². The van der Waals surface area contributed by atoms with E-state index in [-0.39, 0.29) is 12.1 Å². The lowest BCUT2D eigenvalue weighted by Gasteiger charge is -2.21. The highest BCUT2D eigenvalue weighted by Crippen LogP contribution is 2.07. The van der Waals surface area contributed by atoms with E-state index >= 15 is 0 Å². The molecular weight excluding hydrogens is 196 g/mol. The monoisotopic (exact) mass is 218 g/mol. The van der Waals surface area contributed by atoms with E-state index in [0.717, 1.165) is 26.6 Å². The Hall–Kier alpha value is -0.810. The van der Waals surface area contributed by atoms with Gasteiger partial charge in [-0.25, -0.2) is 4.79 Å². The van der Waals surface area contributed by atoms with Crippen LogP contribution in [-0.4, -0.2) is 43.0 Å². The minimum absolute atomic E-state index is 0.231. The third-order valence-corrected chi connectivity index (χ3v) is 1.78. The van der Waals surface area contributed by atoms with Crippen LogP contribution < -0.4 is 10.6 Å². The summed E-state index contributed by atoms with van der Waals surface area (Å²) in [5.74, 6) is 0. The maximum absolute atomic E-state index is 11.3. The lowest BCUT2D eigenvalue weighted by atomic mass is 10.2. The van der Waals surface area contributed by atoms with Crippen molar-refractivity contribution >= 4 is 6.09 Å². The Bertz CT molecular complexity index is 184. The summed E-state index contributed by atoms with van der Waals surface area (Å²) in [5, 5.41) is 13.0. The molecule has 5 nitrogen and oxygen atoms in total. The van der Waals surface area contributed by atoms with Gasteiger partial charge in [0, 0.05) is 19.7 Å². The van der Waals surface area contributed by atoms with Crippen LogP contribution in [0.4, 0.5) is 4.79 Å². The maximum atomic E-state index is 11.3. The van der Waals surface area contributed by atoms with Crippen molar-refractivity contribution < 1.29 is 14.6 Å². The predicted molar refractivity (Wildman–Crippen MR) is 58.8 cm³/mol. The van der Waals surface area contributed by atoms with Crippen molar-refractivity contribution in [1.29, 1.82) is 0 Å². The Labute approximate surface area is 91.2 Å². The molecule has 15 heavy (non-hydrogen) atoms. The first-order chi connectivity index (χ1) is 6.97. The largest absolute Gasteiger partial charge is 0.444 e. The lowest BCUT2D eigenvalue weighted by Crippen LogP contribution is -2.40. The summed E-state index contributed by atoms with van der Waals surface area (Å²) >= 11 is 0. The first-order valence-electron chi connectivity index (χ1n) is 5.12. The molecule has 0 saturated carbocycles. The number of nitrogens with one attached hydrogen (secondary N) is 2. The molecule has 0 aromatic carbocycles. The number of carbonyl (C=O) groups excluding carboxylic acids is 1. The smallest absolute Gasteiger partial charge is 0.407 e. The molecule has 0 aromatic heterocycles. The van der Waals surface area contributed by atoms with Gasteiger partial charge in [0.1, 0.15) is 5.60 Å². The Morgan fingerprint density at radius 1 is 1.47 bits per heavy atom. The van der Waals surface area contributed by atoms with E-state index in [9.17, 15) is 4.79 Å². The Morgan fingerprint density at radius 3 is 2.47 bits per heavy atom. The van der Waals surface area contributed by atoms with E-state index in [2.05, 4.69) is 10.6 Å². The predicted octanol–water partition coefficient (Wildman–Crippen LogP) is 0.481. The van der Waals surface area contributed by atoms with Crippen LogP contribution in [0.3, 0.4) is 0 Å². The van der Waals surface area contributed by atoms with Gasteiger partial charge >= 0.3 is 6.09 Å². The van der Waals surface area contributed by atoms with Crippen molar-refractivity contribution in [2.75, 3.05) is 20.2 Å². The fourth-order valence-electron chi connectivity index (χ4n) is 1.25. The minimum Gasteiger partial charge on any atom is -0.444 e. The second-order valence-electron chi connectivity index (χ2n) is 4.34. The molecule has 0 bridgehead atoms. The summed E-state index contributed by atoms with van der Waals surface area (Å²) in [5.41, 5.74) is -0.407. The molecule has 1 rings (SSSR count). The zero-order valence-corrected chi connectivity index (χ0v) is 9.96. The molecule has 1 saturated heterocycles. The fourth-order valence-corrected chi connectivity index (χ4v) is 1.25. The number of carbonyl (C=O) groups is 1. The summed E-state index contributed by atoms with van der Waals surface area (Å²) in [6.45, 7) is 7.40. The van der Waals surface area contributed by atoms with Gasteiger partial charge in [0.2, 0.25) is 0 Å². The van der Waals surface area contributed by atoms with Crippen LogP contribution in [-0.2, 0) is 4.74 Å². The van der Waals surface area contributed by atoms with Gasteiger partial charge in [-0.05, 0) is 33.7 Å². The SMILES string of the molecule is CC(C)(C)OC(=O)N[C@@H]1CCNC1.CO. The summed E-state index contributed by atoms with van der Waals surface area (Å²) in [7, 11) is 1.00. The zero-order valence-electron chi connectivity index (χ0n) is 9.96. The molecule has 0 aromatic rings. The lowest BCUT2D eigenvalue weighted by molar-refractivity contribution is 0.0508. The van der Waals surface area contributed by atoms with Crippen LogP contribution in [0, 0.1) is 0 Å². The van der Waals surface area contributed by atoms with Crippen LogP contribution in [0.2, 0.25) is 0 Å². The third-order valence-electron chi connectivity index (χ3n) is 1.78. The molecule has 1 atom stereocenters. The van der Waals surface area contributed by atoms with Crippen molar-refractivity contribution in [2.45, 2.75) is 38.8 Å². The van der Waals surface area contributed by atoms with Crippen molar-refractivity contribution in [3.05, 3.63) is 0 Å². The third kappa shape index (κ3) is 7.16. The quantitative estimate of drug-likeness (QED) is 0.599. The molecular formula is C10H22N2O3. The zero-order chi connectivity index (χ0) is 11.9. The number of amides is 1. The first-order valence-corrected chi connectivity index (χ1v) is 5.12. The second-order valence-corrected chi connectivity index (χ2v) is 4.34. The highest BCUT2D eigenvalue weighted by atomic mass is 16.6. The number of hydrogen-bond donors (Lipinski definition) is 3. The molecule has 1 heterocycles. The Kier molecular flexibility index (Phi) is 6.27. The van der Waals surface area contributed by atoms with Gasteiger partial charge in [-0.1, -0.05) is 0 Å². The normalized spacial score (nSPS) is 20.2. The van der Waals surface area contributed by atoms with E-state index in [4.69, 9.17) is 9.84 Å². The molecule has 1 aliphatic rings. The molecule has 3 N–H and O–H groups in total. The van der Waals surface area contributed by atoms with E-state index < -0.39 is 5.60 Å². The van der Waals surface area contributed by atoms with Crippen molar-refractivity contribution in [3.8, 4) is 0 Å². The number of aliphatic hydroxyl groups excluding tert-OH is 1. The van der Waals surface area contributed by atoms with Crippen molar-refractivity contribution in [1.82, 2.24) is 10.6 Å². The molecule has 1 amide bonds. The topological polar surface area (TPSA) is 70.6 Å². The maximum Gasteiger partial charge on any atom is 0.407 e. The number of aliphatic hydroxyl groups is 1. The molecule has 0 aliphatic carbocycles. The van der Waals surface area contributed by atoms with Crippen LogP contribution in [0.25, 0.3) is 0 Å². The van der Waals surface area contributed by atoms with Gasteiger partial charge in [0.25, 0.3) is 0 Å². The second kappa shape index (κ2) is 6.63. The number of rotatable bonds is 1. The van der Waals surface area contributed by atoms with Gasteiger partial charge in [0.05, 0.1) is 0 Å². The van der Waals surface area contributed by atoms with Gasteiger partial charge < -0.3 is 20.5 Å².